The van der Waals surface area contributed by atoms with Gasteiger partial charge in [0.15, 0.2) is 0 Å². The molecule has 18 heavy (non-hydrogen) atoms. The molecular formula is C14H18N4. The lowest BCUT2D eigenvalue weighted by Gasteiger charge is -2.30. The van der Waals surface area contributed by atoms with Crippen molar-refractivity contribution in [2.24, 2.45) is 5.92 Å². The van der Waals surface area contributed by atoms with Crippen LogP contribution in [0.5, 0.6) is 0 Å². The van der Waals surface area contributed by atoms with Gasteiger partial charge >= 0.3 is 0 Å². The third-order valence-electron chi connectivity index (χ3n) is 4.20. The molecule has 1 saturated heterocycles. The molecule has 0 radical (unpaired) electrons. The SMILES string of the molecule is N#CC1CCN(c2ncc(C3CCC3)cn2)CC1. The van der Waals surface area contributed by atoms with Crippen LogP contribution < -0.4 is 4.90 Å². The lowest BCUT2D eigenvalue weighted by molar-refractivity contribution is 0.417. The van der Waals surface area contributed by atoms with Gasteiger partial charge in [0.2, 0.25) is 5.95 Å². The summed E-state index contributed by atoms with van der Waals surface area (Å²) in [6.07, 6.45) is 9.76. The Kier molecular flexibility index (Phi) is 3.14. The summed E-state index contributed by atoms with van der Waals surface area (Å²) in [7, 11) is 0. The number of rotatable bonds is 2. The monoisotopic (exact) mass is 242 g/mol. The molecule has 1 aliphatic heterocycles. The van der Waals surface area contributed by atoms with Gasteiger partial charge in [0.05, 0.1) is 6.07 Å². The first-order valence-corrected chi connectivity index (χ1v) is 6.83. The minimum absolute atomic E-state index is 0.218. The van der Waals surface area contributed by atoms with E-state index in [0.717, 1.165) is 31.9 Å². The minimum atomic E-state index is 0.218. The van der Waals surface area contributed by atoms with Crippen molar-refractivity contribution < 1.29 is 0 Å². The Hall–Kier alpha value is -1.63. The average Bonchev–Trinajstić information content (AvgIpc) is 2.38. The van der Waals surface area contributed by atoms with Crippen LogP contribution in [0.25, 0.3) is 0 Å². The molecule has 4 nitrogen and oxygen atoms in total. The van der Waals surface area contributed by atoms with Gasteiger partial charge in [-0.15, -0.1) is 0 Å². The topological polar surface area (TPSA) is 52.8 Å². The average molecular weight is 242 g/mol. The van der Waals surface area contributed by atoms with E-state index >= 15 is 0 Å². The van der Waals surface area contributed by atoms with Crippen LogP contribution in [0.3, 0.4) is 0 Å². The van der Waals surface area contributed by atoms with Crippen LogP contribution in [0.1, 0.15) is 43.6 Å². The van der Waals surface area contributed by atoms with Gasteiger partial charge in [0.1, 0.15) is 0 Å². The first-order chi connectivity index (χ1) is 8.86. The maximum Gasteiger partial charge on any atom is 0.225 e. The molecule has 1 saturated carbocycles. The van der Waals surface area contributed by atoms with Crippen molar-refractivity contribution in [1.29, 1.82) is 5.26 Å². The van der Waals surface area contributed by atoms with Crippen molar-refractivity contribution >= 4 is 5.95 Å². The van der Waals surface area contributed by atoms with Crippen LogP contribution in [0.15, 0.2) is 12.4 Å². The van der Waals surface area contributed by atoms with Crippen molar-refractivity contribution in [3.8, 4) is 6.07 Å². The van der Waals surface area contributed by atoms with Crippen molar-refractivity contribution in [3.63, 3.8) is 0 Å². The summed E-state index contributed by atoms with van der Waals surface area (Å²) in [6.45, 7) is 1.81. The lowest BCUT2D eigenvalue weighted by atomic mass is 9.81. The fourth-order valence-corrected chi connectivity index (χ4v) is 2.66. The predicted octanol–water partition coefficient (Wildman–Crippen LogP) is 2.48. The number of nitriles is 1. The second kappa shape index (κ2) is 4.93. The molecule has 1 aromatic heterocycles. The largest absolute Gasteiger partial charge is 0.341 e. The van der Waals surface area contributed by atoms with Crippen molar-refractivity contribution in [1.82, 2.24) is 9.97 Å². The fourth-order valence-electron chi connectivity index (χ4n) is 2.66. The van der Waals surface area contributed by atoms with Crippen LogP contribution in [0.2, 0.25) is 0 Å². The van der Waals surface area contributed by atoms with E-state index < -0.39 is 0 Å². The fraction of sp³-hybridized carbons (Fsp3) is 0.643. The summed E-state index contributed by atoms with van der Waals surface area (Å²) >= 11 is 0. The number of nitrogens with zero attached hydrogens (tertiary/aromatic N) is 4. The summed E-state index contributed by atoms with van der Waals surface area (Å²) in [4.78, 5) is 11.2. The normalized spacial score (nSPS) is 21.4. The van der Waals surface area contributed by atoms with Crippen LogP contribution in [0.4, 0.5) is 5.95 Å². The van der Waals surface area contributed by atoms with Crippen LogP contribution >= 0.6 is 0 Å². The Balaban J connectivity index is 1.64. The zero-order chi connectivity index (χ0) is 12.4. The maximum absolute atomic E-state index is 8.88. The van der Waals surface area contributed by atoms with E-state index in [-0.39, 0.29) is 5.92 Å². The van der Waals surface area contributed by atoms with Crippen molar-refractivity contribution in [2.45, 2.75) is 38.0 Å². The molecule has 0 spiro atoms. The molecular weight excluding hydrogens is 224 g/mol. The molecule has 3 rings (SSSR count). The first-order valence-electron chi connectivity index (χ1n) is 6.83. The van der Waals surface area contributed by atoms with Crippen LogP contribution in [-0.2, 0) is 0 Å². The molecule has 0 amide bonds. The van der Waals surface area contributed by atoms with Gasteiger partial charge in [-0.25, -0.2) is 9.97 Å². The Labute approximate surface area is 108 Å². The predicted molar refractivity (Wildman–Crippen MR) is 69.2 cm³/mol. The summed E-state index contributed by atoms with van der Waals surface area (Å²) in [5, 5.41) is 8.88. The number of anilines is 1. The number of hydrogen-bond acceptors (Lipinski definition) is 4. The van der Waals surface area contributed by atoms with Gasteiger partial charge in [0, 0.05) is 31.4 Å². The quantitative estimate of drug-likeness (QED) is 0.799. The molecule has 1 aliphatic carbocycles. The standard InChI is InChI=1S/C14H18N4/c15-8-11-4-6-18(7-5-11)14-16-9-13(10-17-14)12-2-1-3-12/h9-12H,1-7H2. The first kappa shape index (κ1) is 11.5. The Morgan fingerprint density at radius 1 is 1.11 bits per heavy atom. The van der Waals surface area contributed by atoms with E-state index in [4.69, 9.17) is 5.26 Å². The van der Waals surface area contributed by atoms with Gasteiger partial charge in [0.25, 0.3) is 0 Å². The highest BCUT2D eigenvalue weighted by molar-refractivity contribution is 5.31. The van der Waals surface area contributed by atoms with Gasteiger partial charge in [-0.2, -0.15) is 5.26 Å². The number of hydrogen-bond donors (Lipinski definition) is 0. The summed E-state index contributed by atoms with van der Waals surface area (Å²) in [5.41, 5.74) is 1.29. The Bertz CT molecular complexity index is 436. The molecule has 1 aromatic rings. The molecule has 0 atom stereocenters. The van der Waals surface area contributed by atoms with E-state index in [1.54, 1.807) is 0 Å². The third kappa shape index (κ3) is 2.17. The molecule has 2 heterocycles. The Morgan fingerprint density at radius 2 is 1.78 bits per heavy atom. The van der Waals surface area contributed by atoms with E-state index in [0.29, 0.717) is 5.92 Å². The molecule has 0 aromatic carbocycles. The molecule has 94 valence electrons. The van der Waals surface area contributed by atoms with E-state index in [1.165, 1.54) is 24.8 Å². The minimum Gasteiger partial charge on any atom is -0.341 e. The summed E-state index contributed by atoms with van der Waals surface area (Å²) in [5.74, 6) is 1.74. The van der Waals surface area contributed by atoms with Gasteiger partial charge in [-0.05, 0) is 37.2 Å². The van der Waals surface area contributed by atoms with Crippen LogP contribution in [0, 0.1) is 17.2 Å². The molecule has 4 heteroatoms. The number of aromatic nitrogens is 2. The highest BCUT2D eigenvalue weighted by Gasteiger charge is 2.22. The summed E-state index contributed by atoms with van der Waals surface area (Å²) < 4.78 is 0. The van der Waals surface area contributed by atoms with E-state index in [2.05, 4.69) is 20.9 Å². The highest BCUT2D eigenvalue weighted by atomic mass is 15.2. The lowest BCUT2D eigenvalue weighted by Crippen LogP contribution is -2.34. The van der Waals surface area contributed by atoms with Crippen molar-refractivity contribution in [2.75, 3.05) is 18.0 Å². The summed E-state index contributed by atoms with van der Waals surface area (Å²) in [6, 6.07) is 2.35. The van der Waals surface area contributed by atoms with E-state index in [9.17, 15) is 0 Å². The third-order valence-corrected chi connectivity index (χ3v) is 4.20. The molecule has 0 unspecified atom stereocenters. The highest BCUT2D eigenvalue weighted by Crippen LogP contribution is 2.35. The second-order valence-electron chi connectivity index (χ2n) is 5.33. The van der Waals surface area contributed by atoms with Gasteiger partial charge in [-0.3, -0.25) is 0 Å². The van der Waals surface area contributed by atoms with Crippen LogP contribution in [-0.4, -0.2) is 23.1 Å². The zero-order valence-electron chi connectivity index (χ0n) is 10.5. The van der Waals surface area contributed by atoms with Gasteiger partial charge in [-0.1, -0.05) is 6.42 Å². The van der Waals surface area contributed by atoms with Gasteiger partial charge < -0.3 is 4.90 Å². The maximum atomic E-state index is 8.88. The second-order valence-corrected chi connectivity index (χ2v) is 5.33. The molecule has 0 bridgehead atoms. The molecule has 2 aliphatic rings. The molecule has 0 N–H and O–H groups in total. The van der Waals surface area contributed by atoms with Crippen molar-refractivity contribution in [3.05, 3.63) is 18.0 Å². The van der Waals surface area contributed by atoms with E-state index in [1.807, 2.05) is 12.4 Å². The Morgan fingerprint density at radius 3 is 2.28 bits per heavy atom. The molecule has 2 fully saturated rings. The number of piperidine rings is 1. The smallest absolute Gasteiger partial charge is 0.225 e. The zero-order valence-corrected chi connectivity index (χ0v) is 10.5.